The van der Waals surface area contributed by atoms with Gasteiger partial charge in [0.1, 0.15) is 11.8 Å². The fraction of sp³-hybridized carbons (Fsp3) is 0.312. The van der Waals surface area contributed by atoms with Gasteiger partial charge in [-0.2, -0.15) is 5.26 Å². The molecule has 3 rings (SSSR count). The Labute approximate surface area is 137 Å². The third-order valence-electron chi connectivity index (χ3n) is 3.72. The van der Waals surface area contributed by atoms with E-state index in [9.17, 15) is 5.26 Å². The number of rotatable bonds is 1. The maximum Gasteiger partial charge on any atom is 0.245 e. The van der Waals surface area contributed by atoms with Gasteiger partial charge in [0, 0.05) is 6.08 Å². The number of anilines is 1. The van der Waals surface area contributed by atoms with Gasteiger partial charge in [0.05, 0.1) is 10.2 Å². The van der Waals surface area contributed by atoms with Crippen LogP contribution in [0.5, 0.6) is 5.75 Å². The molecule has 6 heteroatoms. The molecule has 0 unspecified atom stereocenters. The quantitative estimate of drug-likeness (QED) is 0.796. The Balaban J connectivity index is 2.12. The number of nitrogens with zero attached hydrogens (tertiary/aromatic N) is 1. The molecule has 1 aromatic carbocycles. The van der Waals surface area contributed by atoms with Gasteiger partial charge in [-0.3, -0.25) is 0 Å². The summed E-state index contributed by atoms with van der Waals surface area (Å²) in [6.07, 6.45) is 1.73. The zero-order valence-corrected chi connectivity index (χ0v) is 14.1. The Hall–Kier alpha value is -2.13. The number of hydrogen-bond donors (Lipinski definition) is 2. The topological polar surface area (TPSA) is 80.3 Å². The number of nitriles is 1. The first kappa shape index (κ1) is 14.8. The highest BCUT2D eigenvalue weighted by atomic mass is 79.9. The van der Waals surface area contributed by atoms with E-state index in [1.807, 2.05) is 12.1 Å². The number of fused-ring (bicyclic) bond motifs is 1. The average molecular weight is 362 g/mol. The summed E-state index contributed by atoms with van der Waals surface area (Å²) in [6.45, 7) is 6.01. The summed E-state index contributed by atoms with van der Waals surface area (Å²) in [6, 6.07) is 6.14. The zero-order chi connectivity index (χ0) is 16.1. The van der Waals surface area contributed by atoms with Crippen molar-refractivity contribution in [2.24, 2.45) is 5.73 Å². The van der Waals surface area contributed by atoms with Gasteiger partial charge in [0.15, 0.2) is 11.3 Å². The second-order valence-electron chi connectivity index (χ2n) is 5.70. The number of allylic oxidation sites excluding steroid dienone is 1. The highest BCUT2D eigenvalue weighted by Crippen LogP contribution is 2.48. The van der Waals surface area contributed by atoms with Crippen molar-refractivity contribution in [1.29, 1.82) is 5.26 Å². The van der Waals surface area contributed by atoms with Gasteiger partial charge in [-0.25, -0.2) is 0 Å². The molecular weight excluding hydrogens is 346 g/mol. The van der Waals surface area contributed by atoms with E-state index >= 15 is 0 Å². The summed E-state index contributed by atoms with van der Waals surface area (Å²) in [5.41, 5.74) is 6.95. The molecule has 22 heavy (non-hydrogen) atoms. The molecule has 0 bridgehead atoms. The summed E-state index contributed by atoms with van der Waals surface area (Å²) < 4.78 is 12.2. The van der Waals surface area contributed by atoms with Gasteiger partial charge >= 0.3 is 0 Å². The van der Waals surface area contributed by atoms with Crippen LogP contribution in [-0.4, -0.2) is 5.72 Å². The molecule has 2 aliphatic rings. The van der Waals surface area contributed by atoms with Crippen molar-refractivity contribution in [3.63, 3.8) is 0 Å². The summed E-state index contributed by atoms with van der Waals surface area (Å²) in [4.78, 5) is 0. The van der Waals surface area contributed by atoms with Crippen LogP contribution < -0.4 is 15.8 Å². The summed E-state index contributed by atoms with van der Waals surface area (Å²) in [5.74, 6) is 1.68. The van der Waals surface area contributed by atoms with Crippen molar-refractivity contribution >= 4 is 21.6 Å². The van der Waals surface area contributed by atoms with Crippen LogP contribution in [0.3, 0.4) is 0 Å². The van der Waals surface area contributed by atoms with Crippen LogP contribution >= 0.6 is 15.9 Å². The van der Waals surface area contributed by atoms with Crippen molar-refractivity contribution in [3.05, 3.63) is 45.5 Å². The molecule has 0 fully saturated rings. The SMILES string of the molecule is CC1=C[C@]2(Nc3cc(C(C)C)cc(Br)c3O2)C(C#N)=C(N)O1. The second kappa shape index (κ2) is 4.96. The van der Waals surface area contributed by atoms with Gasteiger partial charge in [-0.1, -0.05) is 13.8 Å². The van der Waals surface area contributed by atoms with Crippen LogP contribution in [0, 0.1) is 11.3 Å². The summed E-state index contributed by atoms with van der Waals surface area (Å²) in [7, 11) is 0. The van der Waals surface area contributed by atoms with Crippen LogP contribution in [0.4, 0.5) is 5.69 Å². The lowest BCUT2D eigenvalue weighted by Gasteiger charge is -2.30. The van der Waals surface area contributed by atoms with Gasteiger partial charge in [-0.15, -0.1) is 0 Å². The second-order valence-corrected chi connectivity index (χ2v) is 6.56. The van der Waals surface area contributed by atoms with Gasteiger partial charge in [0.2, 0.25) is 11.6 Å². The molecule has 0 amide bonds. The number of nitrogens with one attached hydrogen (secondary N) is 1. The number of benzene rings is 1. The lowest BCUT2D eigenvalue weighted by atomic mass is 10.0. The van der Waals surface area contributed by atoms with E-state index in [0.717, 1.165) is 10.2 Å². The van der Waals surface area contributed by atoms with Crippen LogP contribution in [0.25, 0.3) is 0 Å². The Kier molecular flexibility index (Phi) is 3.33. The number of ether oxygens (including phenoxy) is 2. The molecular formula is C16H16BrN3O2. The van der Waals surface area contributed by atoms with E-state index in [-0.39, 0.29) is 11.5 Å². The van der Waals surface area contributed by atoms with Crippen molar-refractivity contribution in [2.75, 3.05) is 5.32 Å². The lowest BCUT2D eigenvalue weighted by molar-refractivity contribution is 0.174. The minimum atomic E-state index is -1.11. The standard InChI is InChI=1S/C16H16BrN3O2/c1-8(2)10-4-12(17)14-13(5-10)20-16(22-14)6-9(3)21-15(19)11(16)7-18/h4-6,8,20H,19H2,1-3H3/t16-/m1/s1. The molecule has 0 saturated carbocycles. The van der Waals surface area contributed by atoms with Crippen molar-refractivity contribution < 1.29 is 9.47 Å². The Morgan fingerprint density at radius 1 is 1.41 bits per heavy atom. The third-order valence-corrected chi connectivity index (χ3v) is 4.31. The molecule has 2 aliphatic heterocycles. The molecule has 0 aliphatic carbocycles. The molecule has 3 N–H and O–H groups in total. The van der Waals surface area contributed by atoms with E-state index in [0.29, 0.717) is 17.4 Å². The highest BCUT2D eigenvalue weighted by molar-refractivity contribution is 9.10. The molecule has 0 radical (unpaired) electrons. The fourth-order valence-corrected chi connectivity index (χ4v) is 3.20. The first-order valence-corrected chi connectivity index (χ1v) is 7.74. The first-order chi connectivity index (χ1) is 10.4. The van der Waals surface area contributed by atoms with Crippen molar-refractivity contribution in [3.8, 4) is 11.8 Å². The van der Waals surface area contributed by atoms with Crippen molar-refractivity contribution in [1.82, 2.24) is 0 Å². The minimum absolute atomic E-state index is 0.0583. The molecule has 5 nitrogen and oxygen atoms in total. The average Bonchev–Trinajstić information content (AvgIpc) is 2.77. The maximum atomic E-state index is 9.44. The van der Waals surface area contributed by atoms with Crippen LogP contribution in [0.1, 0.15) is 32.3 Å². The predicted octanol–water partition coefficient (Wildman–Crippen LogP) is 3.70. The number of hydrogen-bond acceptors (Lipinski definition) is 5. The fourth-order valence-electron chi connectivity index (χ4n) is 2.64. The Bertz CT molecular complexity index is 761. The molecule has 0 aromatic heterocycles. The molecule has 2 heterocycles. The molecule has 1 atom stereocenters. The van der Waals surface area contributed by atoms with E-state index in [2.05, 4.69) is 41.2 Å². The first-order valence-electron chi connectivity index (χ1n) is 6.94. The van der Waals surface area contributed by atoms with E-state index in [1.165, 1.54) is 5.56 Å². The Morgan fingerprint density at radius 2 is 2.14 bits per heavy atom. The van der Waals surface area contributed by atoms with Gasteiger partial charge in [0.25, 0.3) is 0 Å². The third kappa shape index (κ3) is 2.13. The van der Waals surface area contributed by atoms with Crippen LogP contribution in [0.2, 0.25) is 0 Å². The van der Waals surface area contributed by atoms with Gasteiger partial charge in [-0.05, 0) is 46.5 Å². The van der Waals surface area contributed by atoms with Crippen LogP contribution in [0.15, 0.2) is 39.9 Å². The molecule has 114 valence electrons. The zero-order valence-electron chi connectivity index (χ0n) is 12.5. The highest BCUT2D eigenvalue weighted by Gasteiger charge is 2.46. The normalized spacial score (nSPS) is 22.6. The lowest BCUT2D eigenvalue weighted by Crippen LogP contribution is -2.44. The number of nitrogens with two attached hydrogens (primary N) is 1. The summed E-state index contributed by atoms with van der Waals surface area (Å²) >= 11 is 3.54. The number of halogens is 1. The largest absolute Gasteiger partial charge is 0.456 e. The maximum absolute atomic E-state index is 9.44. The van der Waals surface area contributed by atoms with Gasteiger partial charge < -0.3 is 20.5 Å². The molecule has 0 saturated heterocycles. The van der Waals surface area contributed by atoms with E-state index in [1.54, 1.807) is 13.0 Å². The minimum Gasteiger partial charge on any atom is -0.456 e. The van der Waals surface area contributed by atoms with E-state index < -0.39 is 5.72 Å². The van der Waals surface area contributed by atoms with Crippen molar-refractivity contribution in [2.45, 2.75) is 32.4 Å². The monoisotopic (exact) mass is 361 g/mol. The molecule has 1 spiro atoms. The van der Waals surface area contributed by atoms with Crippen LogP contribution in [-0.2, 0) is 4.74 Å². The Morgan fingerprint density at radius 3 is 2.77 bits per heavy atom. The van der Waals surface area contributed by atoms with E-state index in [4.69, 9.17) is 15.2 Å². The molecule has 1 aromatic rings. The smallest absolute Gasteiger partial charge is 0.245 e. The predicted molar refractivity (Wildman–Crippen MR) is 86.9 cm³/mol. The summed E-state index contributed by atoms with van der Waals surface area (Å²) in [5, 5.41) is 12.7.